The van der Waals surface area contributed by atoms with E-state index < -0.39 is 0 Å². The van der Waals surface area contributed by atoms with Gasteiger partial charge in [0.25, 0.3) is 5.91 Å². The highest BCUT2D eigenvalue weighted by atomic mass is 16.5. The van der Waals surface area contributed by atoms with Crippen molar-refractivity contribution in [1.82, 2.24) is 14.7 Å². The Balaban J connectivity index is 1.51. The number of carbonyl (C=O) groups excluding carboxylic acids is 2. The monoisotopic (exact) mass is 450 g/mol. The Labute approximate surface area is 196 Å². The largest absolute Gasteiger partial charge is 0.385 e. The van der Waals surface area contributed by atoms with E-state index in [-0.39, 0.29) is 11.9 Å². The first-order chi connectivity index (χ1) is 16.1. The van der Waals surface area contributed by atoms with E-state index in [1.165, 1.54) is 4.68 Å². The van der Waals surface area contributed by atoms with Crippen molar-refractivity contribution in [3.8, 4) is 0 Å². The quantitative estimate of drug-likeness (QED) is 0.384. The Morgan fingerprint density at radius 1 is 1.24 bits per heavy atom. The summed E-state index contributed by atoms with van der Waals surface area (Å²) in [5, 5.41) is 4.34. The SMILES string of the molecule is C/C=C\N(CCCCOC)c1cccc(C(=O)N(C2CC2)C2CCc3nn(C=O)cc3C2)c1. The topological polar surface area (TPSA) is 67.7 Å². The second kappa shape index (κ2) is 10.8. The molecule has 176 valence electrons. The number of benzene rings is 1. The average molecular weight is 451 g/mol. The third-order valence-corrected chi connectivity index (χ3v) is 6.49. The van der Waals surface area contributed by atoms with Gasteiger partial charge in [-0.15, -0.1) is 0 Å². The van der Waals surface area contributed by atoms with Crippen molar-refractivity contribution in [2.75, 3.05) is 25.2 Å². The molecule has 1 aromatic carbocycles. The fourth-order valence-corrected chi connectivity index (χ4v) is 4.75. The molecule has 1 amide bonds. The standard InChI is InChI=1S/C26H34N4O3/c1-3-13-28(14-4-5-15-33-2)23-8-6-7-20(16-23)26(32)30(22-9-10-22)24-11-12-25-21(17-24)18-29(19-31)27-25/h3,6-8,13,16,18-19,22,24H,4-5,9-12,14-15,17H2,1-2H3/b13-3-. The Kier molecular flexibility index (Phi) is 7.60. The molecule has 1 atom stereocenters. The molecular formula is C26H34N4O3. The molecular weight excluding hydrogens is 416 g/mol. The summed E-state index contributed by atoms with van der Waals surface area (Å²) in [5.41, 5.74) is 3.84. The van der Waals surface area contributed by atoms with Crippen molar-refractivity contribution in [3.05, 3.63) is 59.6 Å². The van der Waals surface area contributed by atoms with Crippen molar-refractivity contribution in [1.29, 1.82) is 0 Å². The maximum Gasteiger partial charge on any atom is 0.254 e. The number of ether oxygens (including phenoxy) is 1. The number of amides is 1. The summed E-state index contributed by atoms with van der Waals surface area (Å²) in [7, 11) is 1.73. The molecule has 2 aliphatic carbocycles. The number of rotatable bonds is 11. The van der Waals surface area contributed by atoms with Gasteiger partial charge in [0.15, 0.2) is 0 Å². The first-order valence-electron chi connectivity index (χ1n) is 12.0. The Morgan fingerprint density at radius 2 is 2.09 bits per heavy atom. The summed E-state index contributed by atoms with van der Waals surface area (Å²) in [6.45, 7) is 3.65. The lowest BCUT2D eigenvalue weighted by Crippen LogP contribution is -2.44. The predicted octanol–water partition coefficient (Wildman–Crippen LogP) is 3.85. The van der Waals surface area contributed by atoms with Crippen molar-refractivity contribution in [2.45, 2.75) is 64.0 Å². The molecule has 33 heavy (non-hydrogen) atoms. The molecule has 0 aliphatic heterocycles. The third kappa shape index (κ3) is 5.53. The van der Waals surface area contributed by atoms with Crippen LogP contribution in [0.4, 0.5) is 5.69 Å². The van der Waals surface area contributed by atoms with Gasteiger partial charge in [-0.1, -0.05) is 12.1 Å². The molecule has 0 radical (unpaired) electrons. The van der Waals surface area contributed by atoms with Crippen molar-refractivity contribution < 1.29 is 14.3 Å². The molecule has 4 rings (SSSR count). The van der Waals surface area contributed by atoms with Crippen LogP contribution in [0.5, 0.6) is 0 Å². The van der Waals surface area contributed by atoms with Gasteiger partial charge in [0.2, 0.25) is 6.41 Å². The van der Waals surface area contributed by atoms with Gasteiger partial charge in [0.05, 0.1) is 5.69 Å². The van der Waals surface area contributed by atoms with Crippen LogP contribution in [0.15, 0.2) is 42.7 Å². The maximum absolute atomic E-state index is 13.7. The van der Waals surface area contributed by atoms with Crippen LogP contribution in [0.25, 0.3) is 0 Å². The average Bonchev–Trinajstić information content (AvgIpc) is 3.58. The number of hydrogen-bond donors (Lipinski definition) is 0. The fourth-order valence-electron chi connectivity index (χ4n) is 4.75. The number of anilines is 1. The van der Waals surface area contributed by atoms with Crippen LogP contribution in [-0.4, -0.2) is 59.3 Å². The van der Waals surface area contributed by atoms with Crippen molar-refractivity contribution in [2.24, 2.45) is 0 Å². The minimum Gasteiger partial charge on any atom is -0.385 e. The number of methoxy groups -OCH3 is 1. The number of nitrogens with zero attached hydrogens (tertiary/aromatic N) is 4. The van der Waals surface area contributed by atoms with Gasteiger partial charge < -0.3 is 14.5 Å². The van der Waals surface area contributed by atoms with E-state index in [1.54, 1.807) is 7.11 Å². The van der Waals surface area contributed by atoms with Gasteiger partial charge in [0.1, 0.15) is 0 Å². The fraction of sp³-hybridized carbons (Fsp3) is 0.500. The minimum absolute atomic E-state index is 0.107. The number of allylic oxidation sites excluding steroid dienone is 1. The molecule has 0 spiro atoms. The summed E-state index contributed by atoms with van der Waals surface area (Å²) in [5.74, 6) is 0.107. The van der Waals surface area contributed by atoms with Gasteiger partial charge in [0, 0.05) is 49.8 Å². The van der Waals surface area contributed by atoms with E-state index in [4.69, 9.17) is 4.74 Å². The first kappa shape index (κ1) is 23.2. The summed E-state index contributed by atoms with van der Waals surface area (Å²) < 4.78 is 6.52. The second-order valence-corrected chi connectivity index (χ2v) is 8.95. The molecule has 2 aliphatic rings. The lowest BCUT2D eigenvalue weighted by atomic mass is 9.91. The molecule has 2 aromatic rings. The number of aromatic nitrogens is 2. The zero-order chi connectivity index (χ0) is 23.2. The highest BCUT2D eigenvalue weighted by Gasteiger charge is 2.39. The Hall–Kier alpha value is -2.93. The van der Waals surface area contributed by atoms with Crippen LogP contribution in [0, 0.1) is 0 Å². The molecule has 7 heteroatoms. The number of aryl methyl sites for hydroxylation is 1. The molecule has 1 fully saturated rings. The van der Waals surface area contributed by atoms with Crippen molar-refractivity contribution in [3.63, 3.8) is 0 Å². The molecule has 1 saturated carbocycles. The summed E-state index contributed by atoms with van der Waals surface area (Å²) in [6, 6.07) is 8.45. The van der Waals surface area contributed by atoms with E-state index in [0.717, 1.165) is 87.0 Å². The summed E-state index contributed by atoms with van der Waals surface area (Å²) in [4.78, 5) is 29.1. The van der Waals surface area contributed by atoms with Crippen LogP contribution >= 0.6 is 0 Å². The van der Waals surface area contributed by atoms with Crippen LogP contribution in [0.3, 0.4) is 0 Å². The zero-order valence-electron chi connectivity index (χ0n) is 19.7. The summed E-state index contributed by atoms with van der Waals surface area (Å²) >= 11 is 0. The Bertz CT molecular complexity index is 995. The molecule has 1 unspecified atom stereocenters. The maximum atomic E-state index is 13.7. The molecule has 0 N–H and O–H groups in total. The second-order valence-electron chi connectivity index (χ2n) is 8.95. The smallest absolute Gasteiger partial charge is 0.254 e. The van der Waals surface area contributed by atoms with Crippen LogP contribution in [0.2, 0.25) is 0 Å². The van der Waals surface area contributed by atoms with E-state index in [0.29, 0.717) is 6.04 Å². The number of hydrogen-bond acceptors (Lipinski definition) is 5. The minimum atomic E-state index is 0.107. The zero-order valence-corrected chi connectivity index (χ0v) is 19.7. The normalized spacial score (nSPS) is 17.7. The third-order valence-electron chi connectivity index (χ3n) is 6.49. The lowest BCUT2D eigenvalue weighted by Gasteiger charge is -2.34. The molecule has 0 saturated heterocycles. The predicted molar refractivity (Wildman–Crippen MR) is 129 cm³/mol. The number of unbranched alkanes of at least 4 members (excludes halogenated alkanes) is 1. The van der Waals surface area contributed by atoms with E-state index in [2.05, 4.69) is 27.2 Å². The first-order valence-corrected chi connectivity index (χ1v) is 12.0. The highest BCUT2D eigenvalue weighted by Crippen LogP contribution is 2.35. The Morgan fingerprint density at radius 3 is 2.82 bits per heavy atom. The molecule has 1 heterocycles. The number of carbonyl (C=O) groups is 2. The van der Waals surface area contributed by atoms with E-state index in [1.807, 2.05) is 37.4 Å². The number of fused-ring (bicyclic) bond motifs is 1. The van der Waals surface area contributed by atoms with Gasteiger partial charge in [-0.05, 0) is 81.8 Å². The summed E-state index contributed by atoms with van der Waals surface area (Å²) in [6.07, 6.45) is 13.2. The van der Waals surface area contributed by atoms with E-state index >= 15 is 0 Å². The van der Waals surface area contributed by atoms with Crippen molar-refractivity contribution >= 4 is 18.0 Å². The van der Waals surface area contributed by atoms with Gasteiger partial charge in [-0.25, -0.2) is 4.68 Å². The lowest BCUT2D eigenvalue weighted by molar-refractivity contribution is 0.0643. The van der Waals surface area contributed by atoms with Gasteiger partial charge in [-0.3, -0.25) is 9.59 Å². The van der Waals surface area contributed by atoms with Crippen LogP contribution in [-0.2, 0) is 22.4 Å². The van der Waals surface area contributed by atoms with Gasteiger partial charge in [-0.2, -0.15) is 5.10 Å². The molecule has 1 aromatic heterocycles. The highest BCUT2D eigenvalue weighted by molar-refractivity contribution is 5.96. The molecule has 7 nitrogen and oxygen atoms in total. The molecule has 0 bridgehead atoms. The van der Waals surface area contributed by atoms with Crippen LogP contribution < -0.4 is 4.90 Å². The van der Waals surface area contributed by atoms with Crippen LogP contribution in [0.1, 0.15) is 60.6 Å². The van der Waals surface area contributed by atoms with Gasteiger partial charge >= 0.3 is 0 Å². The van der Waals surface area contributed by atoms with E-state index in [9.17, 15) is 9.59 Å².